The number of carbonyl (C=O) groups is 3. The SMILES string of the molecule is Cc1nc(C2CCN(C(=O)C3CCC(=O)NC(=O)N3)CC2)n[nH]1. The molecule has 3 heterocycles. The molecule has 0 aromatic carbocycles. The molecule has 0 bridgehead atoms. The number of aromatic amines is 1. The third-order valence-corrected chi connectivity index (χ3v) is 4.30. The van der Waals surface area contributed by atoms with Gasteiger partial charge in [-0.05, 0) is 26.2 Å². The standard InChI is InChI=1S/C14H20N6O3/c1-8-15-12(19-18-8)9-4-6-20(7-5-9)13(22)10-2-3-11(21)17-14(23)16-10/h9-10H,2-7H2,1H3,(H,15,18,19)(H2,16,17,21,23). The quantitative estimate of drug-likeness (QED) is 0.697. The number of nitrogens with one attached hydrogen (secondary N) is 3. The van der Waals surface area contributed by atoms with E-state index in [1.165, 1.54) is 0 Å². The zero-order chi connectivity index (χ0) is 16.4. The van der Waals surface area contributed by atoms with Gasteiger partial charge in [-0.3, -0.25) is 20.0 Å². The Balaban J connectivity index is 1.57. The molecule has 0 saturated carbocycles. The molecule has 2 aliphatic heterocycles. The van der Waals surface area contributed by atoms with Crippen molar-refractivity contribution in [3.63, 3.8) is 0 Å². The van der Waals surface area contributed by atoms with Gasteiger partial charge in [-0.15, -0.1) is 0 Å². The predicted octanol–water partition coefficient (Wildman–Crippen LogP) is -0.193. The molecule has 4 amide bonds. The van der Waals surface area contributed by atoms with Crippen molar-refractivity contribution in [2.45, 2.75) is 44.6 Å². The molecule has 1 aromatic heterocycles. The molecule has 2 aliphatic rings. The maximum absolute atomic E-state index is 12.5. The van der Waals surface area contributed by atoms with Crippen LogP contribution in [0.15, 0.2) is 0 Å². The smallest absolute Gasteiger partial charge is 0.322 e. The van der Waals surface area contributed by atoms with E-state index in [1.54, 1.807) is 4.90 Å². The summed E-state index contributed by atoms with van der Waals surface area (Å²) in [7, 11) is 0. The highest BCUT2D eigenvalue weighted by Crippen LogP contribution is 2.26. The number of hydrogen-bond donors (Lipinski definition) is 3. The van der Waals surface area contributed by atoms with Crippen molar-refractivity contribution in [3.05, 3.63) is 11.6 Å². The van der Waals surface area contributed by atoms with Crippen molar-refractivity contribution in [1.29, 1.82) is 0 Å². The second kappa shape index (κ2) is 6.35. The minimum atomic E-state index is -0.635. The second-order valence-electron chi connectivity index (χ2n) is 5.99. The Morgan fingerprint density at radius 1 is 1.22 bits per heavy atom. The summed E-state index contributed by atoms with van der Waals surface area (Å²) in [5.74, 6) is 1.36. The van der Waals surface area contributed by atoms with Gasteiger partial charge in [-0.1, -0.05) is 0 Å². The van der Waals surface area contributed by atoms with Crippen molar-refractivity contribution in [3.8, 4) is 0 Å². The van der Waals surface area contributed by atoms with Gasteiger partial charge in [0.1, 0.15) is 11.9 Å². The fraction of sp³-hybridized carbons (Fsp3) is 0.643. The van der Waals surface area contributed by atoms with E-state index in [9.17, 15) is 14.4 Å². The van der Waals surface area contributed by atoms with Gasteiger partial charge in [0.25, 0.3) is 0 Å². The van der Waals surface area contributed by atoms with Gasteiger partial charge in [0.2, 0.25) is 11.8 Å². The van der Waals surface area contributed by atoms with Gasteiger partial charge >= 0.3 is 6.03 Å². The number of likely N-dealkylation sites (tertiary alicyclic amines) is 1. The fourth-order valence-corrected chi connectivity index (χ4v) is 3.04. The lowest BCUT2D eigenvalue weighted by atomic mass is 9.95. The number of carbonyl (C=O) groups excluding carboxylic acids is 3. The third kappa shape index (κ3) is 3.49. The molecule has 1 unspecified atom stereocenters. The van der Waals surface area contributed by atoms with Crippen LogP contribution in [0.2, 0.25) is 0 Å². The monoisotopic (exact) mass is 320 g/mol. The molecular formula is C14H20N6O3. The molecule has 2 saturated heterocycles. The average molecular weight is 320 g/mol. The highest BCUT2D eigenvalue weighted by Gasteiger charge is 2.32. The number of piperidine rings is 1. The first-order valence-electron chi connectivity index (χ1n) is 7.81. The highest BCUT2D eigenvalue weighted by atomic mass is 16.2. The van der Waals surface area contributed by atoms with Crippen molar-refractivity contribution in [1.82, 2.24) is 30.7 Å². The maximum atomic E-state index is 12.5. The van der Waals surface area contributed by atoms with E-state index >= 15 is 0 Å². The number of rotatable bonds is 2. The molecule has 0 radical (unpaired) electrons. The normalized spacial score (nSPS) is 23.2. The molecule has 9 heteroatoms. The van der Waals surface area contributed by atoms with Crippen molar-refractivity contribution < 1.29 is 14.4 Å². The van der Waals surface area contributed by atoms with Gasteiger partial charge in [-0.2, -0.15) is 5.10 Å². The summed E-state index contributed by atoms with van der Waals surface area (Å²) in [5.41, 5.74) is 0. The van der Waals surface area contributed by atoms with Crippen LogP contribution in [0.25, 0.3) is 0 Å². The van der Waals surface area contributed by atoms with Gasteiger partial charge in [0.05, 0.1) is 0 Å². The Hall–Kier alpha value is -2.45. The van der Waals surface area contributed by atoms with Gasteiger partial charge < -0.3 is 10.2 Å². The van der Waals surface area contributed by atoms with Gasteiger partial charge in [0.15, 0.2) is 5.82 Å². The Morgan fingerprint density at radius 3 is 2.61 bits per heavy atom. The molecule has 3 rings (SSSR count). The van der Waals surface area contributed by atoms with E-state index in [4.69, 9.17) is 0 Å². The molecule has 1 atom stereocenters. The molecule has 1 aromatic rings. The number of amides is 4. The topological polar surface area (TPSA) is 120 Å². The Labute approximate surface area is 133 Å². The number of aromatic nitrogens is 3. The van der Waals surface area contributed by atoms with Crippen LogP contribution in [0.1, 0.15) is 43.3 Å². The number of hydrogen-bond acceptors (Lipinski definition) is 5. The first kappa shape index (κ1) is 15.4. The van der Waals surface area contributed by atoms with E-state index in [1.807, 2.05) is 6.92 Å². The van der Waals surface area contributed by atoms with Crippen LogP contribution in [0.5, 0.6) is 0 Å². The van der Waals surface area contributed by atoms with E-state index in [0.29, 0.717) is 19.5 Å². The summed E-state index contributed by atoms with van der Waals surface area (Å²) < 4.78 is 0. The predicted molar refractivity (Wildman–Crippen MR) is 79.4 cm³/mol. The largest absolute Gasteiger partial charge is 0.341 e. The number of imide groups is 1. The number of nitrogens with zero attached hydrogens (tertiary/aromatic N) is 3. The van der Waals surface area contributed by atoms with Crippen LogP contribution in [0, 0.1) is 6.92 Å². The molecule has 3 N–H and O–H groups in total. The summed E-state index contributed by atoms with van der Waals surface area (Å²) in [6.45, 7) is 3.06. The molecule has 124 valence electrons. The van der Waals surface area contributed by atoms with Crippen LogP contribution < -0.4 is 10.6 Å². The molecule has 0 aliphatic carbocycles. The molecular weight excluding hydrogens is 300 g/mol. The summed E-state index contributed by atoms with van der Waals surface area (Å²) in [5, 5.41) is 11.8. The summed E-state index contributed by atoms with van der Waals surface area (Å²) in [4.78, 5) is 41.5. The lowest BCUT2D eigenvalue weighted by Gasteiger charge is -2.33. The van der Waals surface area contributed by atoms with Crippen LogP contribution in [-0.4, -0.2) is 57.1 Å². The van der Waals surface area contributed by atoms with Gasteiger partial charge in [0, 0.05) is 25.4 Å². The molecule has 2 fully saturated rings. The number of H-pyrrole nitrogens is 1. The second-order valence-corrected chi connectivity index (χ2v) is 5.99. The van der Waals surface area contributed by atoms with Gasteiger partial charge in [-0.25, -0.2) is 9.78 Å². The van der Waals surface area contributed by atoms with Crippen LogP contribution in [0.4, 0.5) is 4.79 Å². The Bertz CT molecular complexity index is 620. The van der Waals surface area contributed by atoms with Crippen molar-refractivity contribution in [2.24, 2.45) is 0 Å². The molecule has 23 heavy (non-hydrogen) atoms. The fourth-order valence-electron chi connectivity index (χ4n) is 3.04. The first-order chi connectivity index (χ1) is 11.0. The van der Waals surface area contributed by atoms with Crippen LogP contribution >= 0.6 is 0 Å². The number of urea groups is 1. The summed E-state index contributed by atoms with van der Waals surface area (Å²) >= 11 is 0. The molecule has 0 spiro atoms. The Morgan fingerprint density at radius 2 is 1.96 bits per heavy atom. The van der Waals surface area contributed by atoms with E-state index in [2.05, 4.69) is 25.8 Å². The minimum absolute atomic E-state index is 0.125. The van der Waals surface area contributed by atoms with Crippen molar-refractivity contribution >= 4 is 17.8 Å². The Kier molecular flexibility index (Phi) is 4.26. The average Bonchev–Trinajstić information content (AvgIpc) is 2.89. The lowest BCUT2D eigenvalue weighted by Crippen LogP contribution is -2.51. The van der Waals surface area contributed by atoms with Crippen molar-refractivity contribution in [2.75, 3.05) is 13.1 Å². The van der Waals surface area contributed by atoms with E-state index < -0.39 is 12.1 Å². The number of aryl methyl sites for hydroxylation is 1. The maximum Gasteiger partial charge on any atom is 0.322 e. The van der Waals surface area contributed by atoms with E-state index in [-0.39, 0.29) is 24.2 Å². The summed E-state index contributed by atoms with van der Waals surface area (Å²) in [6.07, 6.45) is 2.08. The third-order valence-electron chi connectivity index (χ3n) is 4.30. The van der Waals surface area contributed by atoms with E-state index in [0.717, 1.165) is 24.5 Å². The first-order valence-corrected chi connectivity index (χ1v) is 7.81. The molecule has 9 nitrogen and oxygen atoms in total. The highest BCUT2D eigenvalue weighted by molar-refractivity contribution is 5.98. The lowest BCUT2D eigenvalue weighted by molar-refractivity contribution is -0.134. The minimum Gasteiger partial charge on any atom is -0.341 e. The summed E-state index contributed by atoms with van der Waals surface area (Å²) in [6, 6.07) is -1.24. The van der Waals surface area contributed by atoms with Crippen LogP contribution in [0.3, 0.4) is 0 Å². The zero-order valence-electron chi connectivity index (χ0n) is 13.0. The zero-order valence-corrected chi connectivity index (χ0v) is 13.0. The van der Waals surface area contributed by atoms with Crippen LogP contribution in [-0.2, 0) is 9.59 Å².